The average Bonchev–Trinajstić information content (AvgIpc) is 2.37. The first-order valence-electron chi connectivity index (χ1n) is 6.61. The van der Waals surface area contributed by atoms with Crippen molar-refractivity contribution < 1.29 is 43.5 Å². The molecular weight excluding hydrogens is 326 g/mol. The van der Waals surface area contributed by atoms with Crippen LogP contribution < -0.4 is 39.0 Å². The molecule has 0 aliphatic carbocycles. The van der Waals surface area contributed by atoms with Crippen molar-refractivity contribution in [3.05, 3.63) is 58.7 Å². The number of hydrogen-bond donors (Lipinski definition) is 0. The fourth-order valence-electron chi connectivity index (χ4n) is 1.82. The van der Waals surface area contributed by atoms with E-state index in [9.17, 15) is 9.46 Å². The minimum absolute atomic E-state index is 0. The Hall–Kier alpha value is -0.220. The predicted molar refractivity (Wildman–Crippen MR) is 85.9 cm³/mol. The van der Waals surface area contributed by atoms with Crippen molar-refractivity contribution in [1.29, 1.82) is 0 Å². The van der Waals surface area contributed by atoms with Gasteiger partial charge >= 0.3 is 29.6 Å². The molecule has 22 heavy (non-hydrogen) atoms. The maximum absolute atomic E-state index is 12.1. The Bertz CT molecular complexity index is 661. The van der Waals surface area contributed by atoms with E-state index in [0.717, 1.165) is 33.6 Å². The molecule has 0 aliphatic rings. The molecule has 0 radical (unpaired) electrons. The van der Waals surface area contributed by atoms with E-state index in [0.29, 0.717) is 10.6 Å². The van der Waals surface area contributed by atoms with E-state index < -0.39 is 6.80 Å². The fraction of sp³-hybridized carbons (Fsp3) is 0.250. The van der Waals surface area contributed by atoms with E-state index >= 15 is 0 Å². The second-order valence-corrected chi connectivity index (χ2v) is 8.74. The van der Waals surface area contributed by atoms with E-state index in [1.807, 2.05) is 45.9 Å². The maximum atomic E-state index is 12.1. The molecule has 2 aromatic carbocycles. The van der Waals surface area contributed by atoms with Crippen LogP contribution in [0.25, 0.3) is 0 Å². The van der Waals surface area contributed by atoms with Crippen molar-refractivity contribution in [1.82, 2.24) is 0 Å². The fourth-order valence-corrected chi connectivity index (χ4v) is 4.33. The van der Waals surface area contributed by atoms with Crippen LogP contribution in [-0.4, -0.2) is 0 Å². The van der Waals surface area contributed by atoms with Gasteiger partial charge in [0, 0.05) is 4.90 Å². The monoisotopic (exact) mass is 344 g/mol. The van der Waals surface area contributed by atoms with Crippen molar-refractivity contribution >= 4 is 18.2 Å². The third kappa shape index (κ3) is 5.45. The summed E-state index contributed by atoms with van der Waals surface area (Å²) in [5, 5.41) is 0. The Balaban J connectivity index is 0.00000242. The van der Waals surface area contributed by atoms with Crippen molar-refractivity contribution in [3.8, 4) is 5.75 Å². The predicted octanol–water partition coefficient (Wildman–Crippen LogP) is 1.56. The molecular formula is C16H18NaO3PS. The van der Waals surface area contributed by atoms with Crippen LogP contribution in [-0.2, 0) is 4.57 Å². The first kappa shape index (κ1) is 19.8. The SMILES string of the molecule is Cc1ccc(OP(=O)([O-])Sc2ccc(C)c(C)c2)cc1C.[Na+]. The molecule has 0 fully saturated rings. The van der Waals surface area contributed by atoms with Gasteiger partial charge in [0.1, 0.15) is 5.75 Å². The van der Waals surface area contributed by atoms with Crippen LogP contribution in [0, 0.1) is 27.7 Å². The average molecular weight is 344 g/mol. The minimum Gasteiger partial charge on any atom is -0.760 e. The molecule has 1 atom stereocenters. The van der Waals surface area contributed by atoms with Crippen LogP contribution in [0.15, 0.2) is 41.3 Å². The van der Waals surface area contributed by atoms with Crippen molar-refractivity contribution in [2.75, 3.05) is 0 Å². The number of rotatable bonds is 4. The summed E-state index contributed by atoms with van der Waals surface area (Å²) in [6, 6.07) is 10.8. The quantitative estimate of drug-likeness (QED) is 0.624. The van der Waals surface area contributed by atoms with E-state index in [2.05, 4.69) is 0 Å². The van der Waals surface area contributed by atoms with Crippen LogP contribution in [0.5, 0.6) is 5.75 Å². The Morgan fingerprint density at radius 1 is 0.909 bits per heavy atom. The Morgan fingerprint density at radius 3 is 2.00 bits per heavy atom. The number of hydrogen-bond acceptors (Lipinski definition) is 4. The molecule has 1 unspecified atom stereocenters. The molecule has 0 bridgehead atoms. The van der Waals surface area contributed by atoms with Crippen LogP contribution in [0.4, 0.5) is 0 Å². The summed E-state index contributed by atoms with van der Waals surface area (Å²) in [5.41, 5.74) is 4.30. The third-order valence-corrected chi connectivity index (χ3v) is 6.04. The van der Waals surface area contributed by atoms with Crippen molar-refractivity contribution in [2.24, 2.45) is 0 Å². The Morgan fingerprint density at radius 2 is 1.45 bits per heavy atom. The van der Waals surface area contributed by atoms with E-state index in [1.54, 1.807) is 18.2 Å². The smallest absolute Gasteiger partial charge is 0.760 e. The zero-order valence-corrected chi connectivity index (χ0v) is 17.3. The second kappa shape index (κ2) is 8.05. The van der Waals surface area contributed by atoms with Crippen LogP contribution in [0.2, 0.25) is 0 Å². The second-order valence-electron chi connectivity index (χ2n) is 5.12. The van der Waals surface area contributed by atoms with Gasteiger partial charge in [0.05, 0.1) is 0 Å². The summed E-state index contributed by atoms with van der Waals surface area (Å²) >= 11 is 0.751. The summed E-state index contributed by atoms with van der Waals surface area (Å²) in [6.45, 7) is 3.81. The van der Waals surface area contributed by atoms with Gasteiger partial charge in [-0.3, -0.25) is 4.57 Å². The molecule has 2 aromatic rings. The van der Waals surface area contributed by atoms with Gasteiger partial charge in [0.2, 0.25) is 6.80 Å². The molecule has 0 amide bonds. The Kier molecular flexibility index (Phi) is 7.25. The molecule has 0 saturated carbocycles. The third-order valence-electron chi connectivity index (χ3n) is 3.39. The molecule has 0 spiro atoms. The molecule has 0 saturated heterocycles. The van der Waals surface area contributed by atoms with E-state index in [-0.39, 0.29) is 29.6 Å². The molecule has 2 rings (SSSR count). The topological polar surface area (TPSA) is 49.4 Å². The summed E-state index contributed by atoms with van der Waals surface area (Å²) in [7, 11) is 0. The molecule has 3 nitrogen and oxygen atoms in total. The summed E-state index contributed by atoms with van der Waals surface area (Å²) in [5.74, 6) is 0.354. The molecule has 0 aliphatic heterocycles. The minimum atomic E-state index is -4.04. The normalized spacial score (nSPS) is 13.1. The zero-order valence-electron chi connectivity index (χ0n) is 13.5. The van der Waals surface area contributed by atoms with E-state index in [1.165, 1.54) is 0 Å². The molecule has 0 N–H and O–H groups in total. The summed E-state index contributed by atoms with van der Waals surface area (Å²) < 4.78 is 17.3. The van der Waals surface area contributed by atoms with Gasteiger partial charge in [-0.2, -0.15) is 0 Å². The summed E-state index contributed by atoms with van der Waals surface area (Å²) in [4.78, 5) is 12.8. The molecule has 112 valence electrons. The number of benzene rings is 2. The first-order valence-corrected chi connectivity index (χ1v) is 9.58. The van der Waals surface area contributed by atoms with Gasteiger partial charge in [0.15, 0.2) is 0 Å². The van der Waals surface area contributed by atoms with Crippen molar-refractivity contribution in [3.63, 3.8) is 0 Å². The largest absolute Gasteiger partial charge is 1.00 e. The van der Waals surface area contributed by atoms with Crippen LogP contribution in [0.3, 0.4) is 0 Å². The van der Waals surface area contributed by atoms with Gasteiger partial charge in [-0.25, -0.2) is 0 Å². The van der Waals surface area contributed by atoms with Gasteiger partial charge in [-0.15, -0.1) is 0 Å². The van der Waals surface area contributed by atoms with Gasteiger partial charge in [-0.05, 0) is 85.6 Å². The standard InChI is InChI=1S/C16H19O3PS.Na/c1-11-5-7-15(9-13(11)3)19-20(17,18)21-16-8-6-12(2)14(4)10-16;/h5-10H,1-4H3,(H,17,18);/q;+1/p-1. The number of aryl methyl sites for hydroxylation is 4. The molecule has 0 heterocycles. The molecule has 0 aromatic heterocycles. The van der Waals surface area contributed by atoms with Crippen molar-refractivity contribution in [2.45, 2.75) is 32.6 Å². The zero-order chi connectivity index (χ0) is 15.6. The van der Waals surface area contributed by atoms with Gasteiger partial charge < -0.3 is 9.42 Å². The Labute approximate surface area is 158 Å². The van der Waals surface area contributed by atoms with Gasteiger partial charge in [0.25, 0.3) is 0 Å². The first-order chi connectivity index (χ1) is 9.77. The maximum Gasteiger partial charge on any atom is 1.00 e. The van der Waals surface area contributed by atoms with E-state index in [4.69, 9.17) is 4.52 Å². The van der Waals surface area contributed by atoms with Gasteiger partial charge in [-0.1, -0.05) is 12.1 Å². The summed E-state index contributed by atoms with van der Waals surface area (Å²) in [6.07, 6.45) is 0. The van der Waals surface area contributed by atoms with Crippen LogP contribution >= 0.6 is 18.2 Å². The van der Waals surface area contributed by atoms with Crippen LogP contribution in [0.1, 0.15) is 22.3 Å². The molecule has 6 heteroatoms.